The number of nitrogen functional groups attached to an aromatic ring is 1. The number of nitrogens with zero attached hydrogens (tertiary/aromatic N) is 2. The van der Waals surface area contributed by atoms with Crippen LogP contribution in [0.3, 0.4) is 0 Å². The number of amides is 2. The first-order chi connectivity index (χ1) is 14.3. The highest BCUT2D eigenvalue weighted by atomic mass is 19.2. The summed E-state index contributed by atoms with van der Waals surface area (Å²) < 4.78 is 43.3. The normalized spacial score (nSPS) is 18.1. The number of aromatic nitrogens is 2. The Balaban J connectivity index is 1.80. The number of halogens is 3. The van der Waals surface area contributed by atoms with E-state index in [4.69, 9.17) is 5.84 Å². The van der Waals surface area contributed by atoms with Crippen molar-refractivity contribution in [1.82, 2.24) is 20.1 Å². The second kappa shape index (κ2) is 7.34. The van der Waals surface area contributed by atoms with Crippen molar-refractivity contribution < 1.29 is 27.9 Å². The van der Waals surface area contributed by atoms with Gasteiger partial charge < -0.3 is 14.8 Å². The van der Waals surface area contributed by atoms with Gasteiger partial charge in [-0.15, -0.1) is 0 Å². The van der Waals surface area contributed by atoms with Crippen LogP contribution in [-0.2, 0) is 12.8 Å². The highest BCUT2D eigenvalue weighted by Crippen LogP contribution is 2.35. The highest BCUT2D eigenvalue weighted by molar-refractivity contribution is 5.94. The van der Waals surface area contributed by atoms with Crippen LogP contribution >= 0.6 is 0 Å². The van der Waals surface area contributed by atoms with E-state index < -0.39 is 41.4 Å². The molecule has 2 atom stereocenters. The second-order valence-corrected chi connectivity index (χ2v) is 6.98. The zero-order chi connectivity index (χ0) is 21.6. The minimum absolute atomic E-state index is 0.0857. The van der Waals surface area contributed by atoms with Gasteiger partial charge in [0.2, 0.25) is 0 Å². The van der Waals surface area contributed by atoms with Crippen molar-refractivity contribution in [1.29, 1.82) is 0 Å². The van der Waals surface area contributed by atoms with Crippen LogP contribution in [0.15, 0.2) is 30.5 Å². The van der Waals surface area contributed by atoms with E-state index in [1.807, 2.05) is 5.43 Å². The van der Waals surface area contributed by atoms with E-state index in [0.717, 1.165) is 6.07 Å². The lowest BCUT2D eigenvalue weighted by Crippen LogP contribution is -2.43. The van der Waals surface area contributed by atoms with Crippen LogP contribution < -0.4 is 16.6 Å². The number of nitrogens with one attached hydrogen (secondary N) is 2. The number of pyridine rings is 1. The standard InChI is InChI=1S/C19H16F3N5O3/c20-11-6-13(22)12(21)4-9(11)10-5-15-16(7-14(10)25-19(29)30)27-2-1-8(18(28)26-23)3-17(27)24-15/h1-4,6,10,14,25H,5,7,23H2,(H,26,28)(H,29,30)/t10-,14+/m1/s1. The van der Waals surface area contributed by atoms with Crippen molar-refractivity contribution in [3.8, 4) is 0 Å². The number of rotatable bonds is 3. The average molecular weight is 419 g/mol. The van der Waals surface area contributed by atoms with Crippen LogP contribution in [-0.4, -0.2) is 32.5 Å². The lowest BCUT2D eigenvalue weighted by molar-refractivity contribution is 0.0953. The van der Waals surface area contributed by atoms with Gasteiger partial charge in [0.15, 0.2) is 11.6 Å². The number of hydrazine groups is 1. The number of hydrogen-bond donors (Lipinski definition) is 4. The Labute approximate surface area is 167 Å². The minimum atomic E-state index is -1.33. The monoisotopic (exact) mass is 419 g/mol. The van der Waals surface area contributed by atoms with Gasteiger partial charge in [-0.05, 0) is 23.8 Å². The molecule has 0 radical (unpaired) electrons. The average Bonchev–Trinajstić information content (AvgIpc) is 3.05. The third-order valence-electron chi connectivity index (χ3n) is 5.26. The number of carbonyl (C=O) groups excluding carboxylic acids is 1. The summed E-state index contributed by atoms with van der Waals surface area (Å²) in [5, 5.41) is 11.6. The highest BCUT2D eigenvalue weighted by Gasteiger charge is 2.35. The maximum atomic E-state index is 14.4. The Hall–Kier alpha value is -3.60. The quantitative estimate of drug-likeness (QED) is 0.224. The molecule has 0 unspecified atom stereocenters. The number of hydrogen-bond acceptors (Lipinski definition) is 4. The minimum Gasteiger partial charge on any atom is -0.465 e. The molecule has 0 bridgehead atoms. The molecule has 1 aliphatic rings. The fourth-order valence-electron chi connectivity index (χ4n) is 3.91. The van der Waals surface area contributed by atoms with Crippen LogP contribution in [0.2, 0.25) is 0 Å². The number of carboxylic acid groups (broad SMARTS) is 1. The molecule has 2 heterocycles. The molecule has 5 N–H and O–H groups in total. The summed E-state index contributed by atoms with van der Waals surface area (Å²) in [5.41, 5.74) is 3.78. The Morgan fingerprint density at radius 1 is 1.13 bits per heavy atom. The van der Waals surface area contributed by atoms with Gasteiger partial charge in [-0.1, -0.05) is 0 Å². The molecule has 0 aliphatic heterocycles. The number of fused-ring (bicyclic) bond motifs is 3. The SMILES string of the molecule is NNC(=O)c1ccn2c3c(nc2c1)C[C@H](c1cc(F)c(F)cc1F)[C@@H](NC(=O)O)C3. The molecule has 0 spiro atoms. The lowest BCUT2D eigenvalue weighted by Gasteiger charge is -2.31. The van der Waals surface area contributed by atoms with Gasteiger partial charge in [0.1, 0.15) is 11.5 Å². The molecule has 30 heavy (non-hydrogen) atoms. The van der Waals surface area contributed by atoms with Crippen molar-refractivity contribution in [2.45, 2.75) is 24.8 Å². The Bertz CT molecular complexity index is 1180. The van der Waals surface area contributed by atoms with Crippen molar-refractivity contribution >= 4 is 17.6 Å². The number of benzene rings is 1. The number of imidazole rings is 1. The first-order valence-electron chi connectivity index (χ1n) is 8.93. The van der Waals surface area contributed by atoms with Gasteiger partial charge in [0, 0.05) is 48.3 Å². The summed E-state index contributed by atoms with van der Waals surface area (Å²) in [4.78, 5) is 27.5. The Morgan fingerprint density at radius 3 is 2.57 bits per heavy atom. The first-order valence-corrected chi connectivity index (χ1v) is 8.93. The van der Waals surface area contributed by atoms with Gasteiger partial charge in [0.25, 0.3) is 5.91 Å². The summed E-state index contributed by atoms with van der Waals surface area (Å²) >= 11 is 0. The van der Waals surface area contributed by atoms with E-state index in [1.54, 1.807) is 10.6 Å². The smallest absolute Gasteiger partial charge is 0.404 e. The Morgan fingerprint density at radius 2 is 1.87 bits per heavy atom. The summed E-state index contributed by atoms with van der Waals surface area (Å²) in [5.74, 6) is 0.317. The van der Waals surface area contributed by atoms with Gasteiger partial charge in [-0.25, -0.2) is 28.8 Å². The summed E-state index contributed by atoms with van der Waals surface area (Å²) in [6, 6.07) is 3.42. The number of carbonyl (C=O) groups is 2. The lowest BCUT2D eigenvalue weighted by atomic mass is 9.80. The maximum Gasteiger partial charge on any atom is 0.404 e. The van der Waals surface area contributed by atoms with Crippen molar-refractivity contribution in [2.24, 2.45) is 5.84 Å². The fraction of sp³-hybridized carbons (Fsp3) is 0.211. The number of nitrogens with two attached hydrogens (primary N) is 1. The zero-order valence-electron chi connectivity index (χ0n) is 15.3. The molecule has 3 aromatic rings. The third-order valence-corrected chi connectivity index (χ3v) is 5.26. The molecule has 2 amide bonds. The molecule has 156 valence electrons. The molecule has 2 aromatic heterocycles. The maximum absolute atomic E-state index is 14.4. The van der Waals surface area contributed by atoms with Crippen LogP contribution in [0.1, 0.15) is 33.2 Å². The van der Waals surface area contributed by atoms with Crippen molar-refractivity contribution in [3.63, 3.8) is 0 Å². The molecular formula is C19H16F3N5O3. The predicted octanol–water partition coefficient (Wildman–Crippen LogP) is 1.87. The van der Waals surface area contributed by atoms with Crippen LogP contribution in [0.25, 0.3) is 5.65 Å². The van der Waals surface area contributed by atoms with E-state index in [9.17, 15) is 27.9 Å². The van der Waals surface area contributed by atoms with E-state index in [0.29, 0.717) is 23.1 Å². The topological polar surface area (TPSA) is 122 Å². The summed E-state index contributed by atoms with van der Waals surface area (Å²) in [7, 11) is 0. The van der Waals surface area contributed by atoms with E-state index in [2.05, 4.69) is 10.3 Å². The van der Waals surface area contributed by atoms with E-state index in [-0.39, 0.29) is 24.0 Å². The molecule has 1 aromatic carbocycles. The zero-order valence-corrected chi connectivity index (χ0v) is 15.3. The second-order valence-electron chi connectivity index (χ2n) is 6.98. The molecule has 0 saturated carbocycles. The molecule has 0 fully saturated rings. The van der Waals surface area contributed by atoms with Gasteiger partial charge in [0.05, 0.1) is 5.69 Å². The van der Waals surface area contributed by atoms with Crippen molar-refractivity contribution in [3.05, 3.63) is 70.4 Å². The molecular weight excluding hydrogens is 403 g/mol. The third kappa shape index (κ3) is 3.32. The fourth-order valence-corrected chi connectivity index (χ4v) is 3.91. The van der Waals surface area contributed by atoms with Crippen molar-refractivity contribution in [2.75, 3.05) is 0 Å². The van der Waals surface area contributed by atoms with Gasteiger partial charge in [-0.2, -0.15) is 0 Å². The van der Waals surface area contributed by atoms with Crippen LogP contribution in [0.5, 0.6) is 0 Å². The molecule has 8 nitrogen and oxygen atoms in total. The summed E-state index contributed by atoms with van der Waals surface area (Å²) in [6.45, 7) is 0. The molecule has 11 heteroatoms. The summed E-state index contributed by atoms with van der Waals surface area (Å²) in [6.07, 6.45) is 0.492. The van der Waals surface area contributed by atoms with Gasteiger partial charge in [-0.3, -0.25) is 10.2 Å². The molecule has 0 saturated heterocycles. The predicted molar refractivity (Wildman–Crippen MR) is 98.3 cm³/mol. The Kier molecular flexibility index (Phi) is 4.82. The van der Waals surface area contributed by atoms with E-state index in [1.165, 1.54) is 12.1 Å². The van der Waals surface area contributed by atoms with E-state index >= 15 is 0 Å². The van der Waals surface area contributed by atoms with Crippen LogP contribution in [0, 0.1) is 17.5 Å². The van der Waals surface area contributed by atoms with Gasteiger partial charge >= 0.3 is 6.09 Å². The largest absolute Gasteiger partial charge is 0.465 e. The molecule has 1 aliphatic carbocycles. The van der Waals surface area contributed by atoms with Crippen LogP contribution in [0.4, 0.5) is 18.0 Å². The first kappa shape index (κ1) is 19.7. The molecule has 4 rings (SSSR count).